The van der Waals surface area contributed by atoms with Gasteiger partial charge in [0.2, 0.25) is 5.91 Å². The molecule has 2 heterocycles. The molecule has 2 amide bonds. The molecule has 0 aliphatic carbocycles. The standard InChI is InChI=1S/C21H26N4O2/c1-16(23-21(27)18-8-5-11-22-14-18)20(26)24-19-9-12-25(13-10-19)15-17-6-3-2-4-7-17/h2-8,11,14,16,19H,9-10,12-13,15H2,1H3,(H,23,27)(H,24,26). The fraction of sp³-hybridized carbons (Fsp3) is 0.381. The molecule has 2 N–H and O–H groups in total. The van der Waals surface area contributed by atoms with E-state index in [1.54, 1.807) is 25.3 Å². The Morgan fingerprint density at radius 2 is 1.89 bits per heavy atom. The molecule has 2 aromatic rings. The van der Waals surface area contributed by atoms with Crippen LogP contribution in [0.5, 0.6) is 0 Å². The van der Waals surface area contributed by atoms with Crippen molar-refractivity contribution in [1.82, 2.24) is 20.5 Å². The molecule has 1 aliphatic heterocycles. The number of hydrogen-bond acceptors (Lipinski definition) is 4. The number of nitrogens with zero attached hydrogens (tertiary/aromatic N) is 2. The van der Waals surface area contributed by atoms with Gasteiger partial charge < -0.3 is 10.6 Å². The number of hydrogen-bond donors (Lipinski definition) is 2. The third-order valence-corrected chi connectivity index (χ3v) is 4.85. The molecule has 1 aromatic carbocycles. The number of rotatable bonds is 6. The van der Waals surface area contributed by atoms with Crippen LogP contribution in [0.4, 0.5) is 0 Å². The van der Waals surface area contributed by atoms with Crippen molar-refractivity contribution < 1.29 is 9.59 Å². The second kappa shape index (κ2) is 9.28. The summed E-state index contributed by atoms with van der Waals surface area (Å²) >= 11 is 0. The number of piperidine rings is 1. The van der Waals surface area contributed by atoms with Gasteiger partial charge in [-0.15, -0.1) is 0 Å². The molecule has 1 aliphatic rings. The van der Waals surface area contributed by atoms with Crippen molar-refractivity contribution in [1.29, 1.82) is 0 Å². The predicted molar refractivity (Wildman–Crippen MR) is 104 cm³/mol. The van der Waals surface area contributed by atoms with Crippen LogP contribution in [-0.4, -0.2) is 46.9 Å². The van der Waals surface area contributed by atoms with E-state index in [1.807, 2.05) is 6.07 Å². The minimum atomic E-state index is -0.583. The summed E-state index contributed by atoms with van der Waals surface area (Å²) in [4.78, 5) is 30.9. The lowest BCUT2D eigenvalue weighted by Crippen LogP contribution is -2.51. The van der Waals surface area contributed by atoms with Gasteiger partial charge in [0.1, 0.15) is 6.04 Å². The lowest BCUT2D eigenvalue weighted by Gasteiger charge is -2.33. The fourth-order valence-corrected chi connectivity index (χ4v) is 3.25. The minimum absolute atomic E-state index is 0.145. The van der Waals surface area contributed by atoms with Crippen LogP contribution < -0.4 is 10.6 Å². The highest BCUT2D eigenvalue weighted by Gasteiger charge is 2.23. The van der Waals surface area contributed by atoms with E-state index in [-0.39, 0.29) is 17.9 Å². The van der Waals surface area contributed by atoms with Crippen LogP contribution in [-0.2, 0) is 11.3 Å². The molecule has 0 spiro atoms. The first kappa shape index (κ1) is 19.0. The first-order valence-electron chi connectivity index (χ1n) is 9.39. The molecule has 1 atom stereocenters. The summed E-state index contributed by atoms with van der Waals surface area (Å²) in [5.74, 6) is -0.433. The second-order valence-electron chi connectivity index (χ2n) is 6.98. The highest BCUT2D eigenvalue weighted by atomic mass is 16.2. The summed E-state index contributed by atoms with van der Waals surface area (Å²) in [6.07, 6.45) is 4.93. The summed E-state index contributed by atoms with van der Waals surface area (Å²) < 4.78 is 0. The number of amides is 2. The zero-order valence-corrected chi connectivity index (χ0v) is 15.6. The lowest BCUT2D eigenvalue weighted by molar-refractivity contribution is -0.123. The summed E-state index contributed by atoms with van der Waals surface area (Å²) in [6.45, 7) is 4.56. The molecule has 0 saturated carbocycles. The van der Waals surface area contributed by atoms with Gasteiger partial charge in [-0.1, -0.05) is 30.3 Å². The van der Waals surface area contributed by atoms with Crippen LogP contribution in [0.25, 0.3) is 0 Å². The van der Waals surface area contributed by atoms with Crippen LogP contribution in [0, 0.1) is 0 Å². The maximum absolute atomic E-state index is 12.4. The zero-order chi connectivity index (χ0) is 19.1. The van der Waals surface area contributed by atoms with E-state index >= 15 is 0 Å². The van der Waals surface area contributed by atoms with Crippen LogP contribution >= 0.6 is 0 Å². The zero-order valence-electron chi connectivity index (χ0n) is 15.6. The van der Waals surface area contributed by atoms with Crippen molar-refractivity contribution in [3.63, 3.8) is 0 Å². The number of pyridine rings is 1. The topological polar surface area (TPSA) is 74.3 Å². The average molecular weight is 366 g/mol. The summed E-state index contributed by atoms with van der Waals surface area (Å²) in [6, 6.07) is 13.4. The molecule has 6 heteroatoms. The Hall–Kier alpha value is -2.73. The predicted octanol–water partition coefficient (Wildman–Crippen LogP) is 1.98. The molecule has 1 unspecified atom stereocenters. The van der Waals surface area contributed by atoms with Gasteiger partial charge in [-0.25, -0.2) is 0 Å². The van der Waals surface area contributed by atoms with Gasteiger partial charge >= 0.3 is 0 Å². The number of aromatic nitrogens is 1. The first-order valence-corrected chi connectivity index (χ1v) is 9.39. The van der Waals surface area contributed by atoms with E-state index in [0.29, 0.717) is 5.56 Å². The molecule has 142 valence electrons. The Morgan fingerprint density at radius 1 is 1.15 bits per heavy atom. The SMILES string of the molecule is CC(NC(=O)c1cccnc1)C(=O)NC1CCN(Cc2ccccc2)CC1. The van der Waals surface area contributed by atoms with Crippen molar-refractivity contribution in [3.8, 4) is 0 Å². The smallest absolute Gasteiger partial charge is 0.253 e. The Labute approximate surface area is 160 Å². The summed E-state index contributed by atoms with van der Waals surface area (Å²) in [5.41, 5.74) is 1.76. The molecule has 0 radical (unpaired) electrons. The quantitative estimate of drug-likeness (QED) is 0.820. The number of nitrogens with one attached hydrogen (secondary N) is 2. The molecule has 6 nitrogen and oxygen atoms in total. The molecular formula is C21H26N4O2. The number of carbonyl (C=O) groups excluding carboxylic acids is 2. The van der Waals surface area contributed by atoms with Gasteiger partial charge in [-0.05, 0) is 37.5 Å². The van der Waals surface area contributed by atoms with Crippen LogP contribution in [0.3, 0.4) is 0 Å². The van der Waals surface area contributed by atoms with E-state index in [4.69, 9.17) is 0 Å². The highest BCUT2D eigenvalue weighted by Crippen LogP contribution is 2.14. The van der Waals surface area contributed by atoms with Crippen molar-refractivity contribution in [2.24, 2.45) is 0 Å². The van der Waals surface area contributed by atoms with E-state index in [0.717, 1.165) is 32.5 Å². The molecule has 3 rings (SSSR count). The van der Waals surface area contributed by atoms with Crippen molar-refractivity contribution in [2.75, 3.05) is 13.1 Å². The van der Waals surface area contributed by atoms with Gasteiger partial charge in [0.15, 0.2) is 0 Å². The molecule has 1 saturated heterocycles. The van der Waals surface area contributed by atoms with Gasteiger partial charge in [0.05, 0.1) is 5.56 Å². The van der Waals surface area contributed by atoms with E-state index < -0.39 is 6.04 Å². The Kier molecular flexibility index (Phi) is 6.54. The first-order chi connectivity index (χ1) is 13.1. The van der Waals surface area contributed by atoms with Crippen molar-refractivity contribution >= 4 is 11.8 Å². The van der Waals surface area contributed by atoms with Crippen LogP contribution in [0.2, 0.25) is 0 Å². The van der Waals surface area contributed by atoms with Crippen LogP contribution in [0.1, 0.15) is 35.7 Å². The summed E-state index contributed by atoms with van der Waals surface area (Å²) in [7, 11) is 0. The van der Waals surface area contributed by atoms with Gasteiger partial charge in [0, 0.05) is 38.1 Å². The maximum atomic E-state index is 12.4. The number of carbonyl (C=O) groups is 2. The second-order valence-corrected chi connectivity index (χ2v) is 6.98. The van der Waals surface area contributed by atoms with Gasteiger partial charge in [0.25, 0.3) is 5.91 Å². The minimum Gasteiger partial charge on any atom is -0.351 e. The highest BCUT2D eigenvalue weighted by molar-refractivity contribution is 5.97. The Balaban J connectivity index is 1.41. The Morgan fingerprint density at radius 3 is 2.56 bits per heavy atom. The molecular weight excluding hydrogens is 340 g/mol. The molecule has 1 fully saturated rings. The van der Waals surface area contributed by atoms with E-state index in [9.17, 15) is 9.59 Å². The maximum Gasteiger partial charge on any atom is 0.253 e. The average Bonchev–Trinajstić information content (AvgIpc) is 2.71. The van der Waals surface area contributed by atoms with Gasteiger partial charge in [-0.2, -0.15) is 0 Å². The summed E-state index contributed by atoms with van der Waals surface area (Å²) in [5, 5.41) is 5.79. The van der Waals surface area contributed by atoms with E-state index in [1.165, 1.54) is 11.8 Å². The van der Waals surface area contributed by atoms with Gasteiger partial charge in [-0.3, -0.25) is 19.5 Å². The number of likely N-dealkylation sites (tertiary alicyclic amines) is 1. The monoisotopic (exact) mass is 366 g/mol. The number of benzene rings is 1. The van der Waals surface area contributed by atoms with Crippen LogP contribution in [0.15, 0.2) is 54.9 Å². The molecule has 27 heavy (non-hydrogen) atoms. The lowest BCUT2D eigenvalue weighted by atomic mass is 10.0. The fourth-order valence-electron chi connectivity index (χ4n) is 3.25. The largest absolute Gasteiger partial charge is 0.351 e. The normalized spacial score (nSPS) is 16.5. The van der Waals surface area contributed by atoms with Crippen molar-refractivity contribution in [3.05, 3.63) is 66.0 Å². The third kappa shape index (κ3) is 5.62. The third-order valence-electron chi connectivity index (χ3n) is 4.85. The Bertz CT molecular complexity index is 743. The van der Waals surface area contributed by atoms with E-state index in [2.05, 4.69) is 44.8 Å². The molecule has 0 bridgehead atoms. The molecule has 1 aromatic heterocycles. The van der Waals surface area contributed by atoms with Crippen molar-refractivity contribution in [2.45, 2.75) is 38.4 Å².